The summed E-state index contributed by atoms with van der Waals surface area (Å²) in [7, 11) is 0. The summed E-state index contributed by atoms with van der Waals surface area (Å²) in [6.45, 7) is 2.95. The van der Waals surface area contributed by atoms with Gasteiger partial charge in [-0.15, -0.1) is 0 Å². The molecule has 2 aromatic carbocycles. The topological polar surface area (TPSA) is 76.5 Å². The molecule has 1 aliphatic heterocycles. The summed E-state index contributed by atoms with van der Waals surface area (Å²) in [6.07, 6.45) is 4.41. The highest BCUT2D eigenvalue weighted by molar-refractivity contribution is 5.90. The van der Waals surface area contributed by atoms with Crippen molar-refractivity contribution in [1.82, 2.24) is 15.1 Å². The van der Waals surface area contributed by atoms with Crippen LogP contribution in [0.2, 0.25) is 0 Å². The molecule has 3 aromatic rings. The third kappa shape index (κ3) is 4.10. The van der Waals surface area contributed by atoms with Gasteiger partial charge in [-0.25, -0.2) is 4.79 Å². The number of benzene rings is 2. The van der Waals surface area contributed by atoms with Gasteiger partial charge in [0.15, 0.2) is 0 Å². The molecule has 5 rings (SSSR count). The van der Waals surface area contributed by atoms with Crippen LogP contribution in [-0.2, 0) is 28.9 Å². The van der Waals surface area contributed by atoms with E-state index < -0.39 is 0 Å². The van der Waals surface area contributed by atoms with Gasteiger partial charge in [0.1, 0.15) is 6.10 Å². The molecule has 0 radical (unpaired) electrons. The normalized spacial score (nSPS) is 17.3. The summed E-state index contributed by atoms with van der Waals surface area (Å²) in [5, 5.41) is 7.63. The molecular weight excluding hydrogens is 404 g/mol. The number of carbonyl (C=O) groups excluding carboxylic acids is 2. The summed E-state index contributed by atoms with van der Waals surface area (Å²) in [6, 6.07) is 16.5. The summed E-state index contributed by atoms with van der Waals surface area (Å²) in [5.74, 6) is -0.132. The Kier molecular flexibility index (Phi) is 5.39. The van der Waals surface area contributed by atoms with Gasteiger partial charge in [0.25, 0.3) is 0 Å². The van der Waals surface area contributed by atoms with Gasteiger partial charge in [-0.2, -0.15) is 5.10 Å². The van der Waals surface area contributed by atoms with E-state index in [1.807, 2.05) is 28.9 Å². The molecular formula is C25H26N4O3. The van der Waals surface area contributed by atoms with Crippen molar-refractivity contribution in [3.8, 4) is 11.3 Å². The second kappa shape index (κ2) is 8.49. The molecule has 0 unspecified atom stereocenters. The number of ether oxygens (including phenoxy) is 1. The van der Waals surface area contributed by atoms with E-state index in [1.54, 1.807) is 4.90 Å². The van der Waals surface area contributed by atoms with Crippen LogP contribution in [0.15, 0.2) is 54.7 Å². The largest absolute Gasteiger partial charge is 0.442 e. The lowest BCUT2D eigenvalue weighted by Gasteiger charge is -2.16. The van der Waals surface area contributed by atoms with E-state index in [0.717, 1.165) is 42.8 Å². The fourth-order valence-corrected chi connectivity index (χ4v) is 4.48. The van der Waals surface area contributed by atoms with Crippen LogP contribution in [0.3, 0.4) is 0 Å². The monoisotopic (exact) mass is 430 g/mol. The van der Waals surface area contributed by atoms with E-state index in [-0.39, 0.29) is 18.1 Å². The first-order valence-electron chi connectivity index (χ1n) is 11.0. The zero-order valence-corrected chi connectivity index (χ0v) is 18.1. The molecule has 0 spiro atoms. The Morgan fingerprint density at radius 1 is 1.16 bits per heavy atom. The molecule has 2 aliphatic rings. The molecule has 1 aliphatic carbocycles. The Morgan fingerprint density at radius 3 is 2.78 bits per heavy atom. The van der Waals surface area contributed by atoms with Crippen LogP contribution >= 0.6 is 0 Å². The zero-order valence-electron chi connectivity index (χ0n) is 18.1. The number of amides is 2. The van der Waals surface area contributed by atoms with E-state index in [0.29, 0.717) is 13.1 Å². The van der Waals surface area contributed by atoms with Crippen molar-refractivity contribution in [3.63, 3.8) is 0 Å². The Bertz CT molecular complexity index is 1160. The molecule has 164 valence electrons. The van der Waals surface area contributed by atoms with Crippen molar-refractivity contribution in [2.75, 3.05) is 18.0 Å². The number of aryl methyl sites for hydroxylation is 2. The first-order chi connectivity index (χ1) is 15.6. The molecule has 1 fully saturated rings. The lowest BCUT2D eigenvalue weighted by Crippen LogP contribution is -2.33. The summed E-state index contributed by atoms with van der Waals surface area (Å²) in [4.78, 5) is 25.2. The van der Waals surface area contributed by atoms with Crippen LogP contribution in [0, 0.1) is 0 Å². The highest BCUT2D eigenvalue weighted by atomic mass is 16.6. The van der Waals surface area contributed by atoms with Crippen molar-refractivity contribution in [1.29, 1.82) is 0 Å². The van der Waals surface area contributed by atoms with Gasteiger partial charge in [0, 0.05) is 24.4 Å². The summed E-state index contributed by atoms with van der Waals surface area (Å²) >= 11 is 0. The molecule has 0 saturated carbocycles. The Balaban J connectivity index is 1.38. The van der Waals surface area contributed by atoms with Gasteiger partial charge < -0.3 is 10.1 Å². The van der Waals surface area contributed by atoms with Crippen LogP contribution in [-0.4, -0.2) is 41.0 Å². The maximum atomic E-state index is 12.4. The molecule has 2 amide bonds. The number of aromatic nitrogens is 2. The van der Waals surface area contributed by atoms with E-state index in [1.165, 1.54) is 23.6 Å². The van der Waals surface area contributed by atoms with E-state index in [9.17, 15) is 9.59 Å². The van der Waals surface area contributed by atoms with Gasteiger partial charge >= 0.3 is 6.09 Å². The predicted molar refractivity (Wildman–Crippen MR) is 122 cm³/mol. The van der Waals surface area contributed by atoms with Gasteiger partial charge in [-0.05, 0) is 48.1 Å². The minimum Gasteiger partial charge on any atom is -0.442 e. The first-order valence-corrected chi connectivity index (χ1v) is 11.0. The number of hydrogen-bond donors (Lipinski definition) is 1. The highest BCUT2D eigenvalue weighted by Gasteiger charge is 2.33. The number of rotatable bonds is 5. The van der Waals surface area contributed by atoms with Gasteiger partial charge in [0.2, 0.25) is 5.91 Å². The highest BCUT2D eigenvalue weighted by Crippen LogP contribution is 2.35. The van der Waals surface area contributed by atoms with Crippen molar-refractivity contribution in [2.24, 2.45) is 0 Å². The Morgan fingerprint density at radius 2 is 1.97 bits per heavy atom. The third-order valence-corrected chi connectivity index (χ3v) is 6.03. The van der Waals surface area contributed by atoms with Crippen LogP contribution < -0.4 is 10.2 Å². The number of anilines is 1. The third-order valence-electron chi connectivity index (χ3n) is 6.03. The molecule has 32 heavy (non-hydrogen) atoms. The maximum Gasteiger partial charge on any atom is 0.414 e. The average molecular weight is 431 g/mol. The molecule has 0 bridgehead atoms. The zero-order chi connectivity index (χ0) is 22.1. The lowest BCUT2D eigenvalue weighted by atomic mass is 10.0. The van der Waals surface area contributed by atoms with Gasteiger partial charge in [0.05, 0.1) is 25.3 Å². The molecule has 1 saturated heterocycles. The fraction of sp³-hybridized carbons (Fsp3) is 0.320. The second-order valence-electron chi connectivity index (χ2n) is 8.43. The van der Waals surface area contributed by atoms with Crippen LogP contribution in [0.5, 0.6) is 0 Å². The summed E-state index contributed by atoms with van der Waals surface area (Å²) in [5.41, 5.74) is 6.68. The summed E-state index contributed by atoms with van der Waals surface area (Å²) < 4.78 is 7.44. The number of fused-ring (bicyclic) bond motifs is 3. The molecule has 1 N–H and O–H groups in total. The minimum atomic E-state index is -0.373. The van der Waals surface area contributed by atoms with Crippen molar-refractivity contribution >= 4 is 17.7 Å². The molecule has 7 nitrogen and oxygen atoms in total. The van der Waals surface area contributed by atoms with Crippen LogP contribution in [0.1, 0.15) is 30.0 Å². The Hall–Kier alpha value is -3.61. The Labute approximate surface area is 187 Å². The van der Waals surface area contributed by atoms with Crippen LogP contribution in [0.25, 0.3) is 11.3 Å². The number of cyclic esters (lactones) is 1. The average Bonchev–Trinajstić information content (AvgIpc) is 3.31. The van der Waals surface area contributed by atoms with Crippen LogP contribution in [0.4, 0.5) is 10.5 Å². The number of hydrogen-bond acceptors (Lipinski definition) is 4. The standard InChI is InChI=1S/C25H26N4O3/c1-17(30)26-13-22-16-29(25(31)32-22)21-10-11-23-19(12-21)8-5-9-20-15-28(27-24(20)23)14-18-6-3-2-4-7-18/h2-4,6-7,10-12,15,22H,5,8-9,13-14,16H2,1H3,(H,26,30)/t22-/m0/s1. The fourth-order valence-electron chi connectivity index (χ4n) is 4.48. The predicted octanol–water partition coefficient (Wildman–Crippen LogP) is 3.55. The van der Waals surface area contributed by atoms with E-state index >= 15 is 0 Å². The molecule has 2 heterocycles. The first kappa shape index (κ1) is 20.3. The smallest absolute Gasteiger partial charge is 0.414 e. The van der Waals surface area contributed by atoms with Crippen molar-refractivity contribution < 1.29 is 14.3 Å². The van der Waals surface area contributed by atoms with Crippen molar-refractivity contribution in [3.05, 3.63) is 71.4 Å². The molecule has 1 atom stereocenters. The number of carbonyl (C=O) groups is 2. The molecule has 7 heteroatoms. The van der Waals surface area contributed by atoms with E-state index in [4.69, 9.17) is 9.84 Å². The SMILES string of the molecule is CC(=O)NC[C@H]1CN(c2ccc3c(c2)CCCc2cn(Cc4ccccc4)nc2-3)C(=O)O1. The van der Waals surface area contributed by atoms with E-state index in [2.05, 4.69) is 35.8 Å². The maximum absolute atomic E-state index is 12.4. The number of nitrogens with one attached hydrogen (secondary N) is 1. The lowest BCUT2D eigenvalue weighted by molar-refractivity contribution is -0.119. The quantitative estimate of drug-likeness (QED) is 0.672. The van der Waals surface area contributed by atoms with Gasteiger partial charge in [-0.1, -0.05) is 36.4 Å². The van der Waals surface area contributed by atoms with Crippen molar-refractivity contribution in [2.45, 2.75) is 38.8 Å². The molecule has 1 aromatic heterocycles. The van der Waals surface area contributed by atoms with Gasteiger partial charge in [-0.3, -0.25) is 14.4 Å². The minimum absolute atomic E-state index is 0.132. The second-order valence-corrected chi connectivity index (χ2v) is 8.43. The number of nitrogens with zero attached hydrogens (tertiary/aromatic N) is 3.